The van der Waals surface area contributed by atoms with Gasteiger partial charge < -0.3 is 15.4 Å². The van der Waals surface area contributed by atoms with Crippen molar-refractivity contribution < 1.29 is 18.3 Å². The number of urea groups is 1. The van der Waals surface area contributed by atoms with Gasteiger partial charge in [-0.1, -0.05) is 30.3 Å². The second-order valence-corrected chi connectivity index (χ2v) is 6.10. The van der Waals surface area contributed by atoms with Gasteiger partial charge in [0.25, 0.3) is 0 Å². The van der Waals surface area contributed by atoms with Gasteiger partial charge in [-0.2, -0.15) is 0 Å². The van der Waals surface area contributed by atoms with Crippen molar-refractivity contribution in [1.82, 2.24) is 10.2 Å². The van der Waals surface area contributed by atoms with Crippen LogP contribution in [0, 0.1) is 11.6 Å². The number of hydrogen-bond acceptors (Lipinski definition) is 3. The summed E-state index contributed by atoms with van der Waals surface area (Å²) in [5.41, 5.74) is 0.885. The number of nitrogens with zero attached hydrogens (tertiary/aromatic N) is 1. The Morgan fingerprint density at radius 1 is 1.12 bits per heavy atom. The van der Waals surface area contributed by atoms with Gasteiger partial charge in [-0.15, -0.1) is 0 Å². The van der Waals surface area contributed by atoms with E-state index in [2.05, 4.69) is 15.5 Å². The highest BCUT2D eigenvalue weighted by atomic mass is 19.1. The van der Waals surface area contributed by atoms with Crippen molar-refractivity contribution >= 4 is 11.7 Å². The van der Waals surface area contributed by atoms with Crippen molar-refractivity contribution in [2.75, 3.05) is 38.2 Å². The third-order valence-electron chi connectivity index (χ3n) is 4.23. The van der Waals surface area contributed by atoms with Crippen molar-refractivity contribution in [3.8, 4) is 0 Å². The lowest BCUT2D eigenvalue weighted by atomic mass is 10.1. The van der Waals surface area contributed by atoms with Crippen LogP contribution in [-0.2, 0) is 4.74 Å². The van der Waals surface area contributed by atoms with Gasteiger partial charge in [0, 0.05) is 25.7 Å². The Balaban J connectivity index is 1.68. The number of anilines is 1. The molecule has 0 saturated carbocycles. The fourth-order valence-electron chi connectivity index (χ4n) is 2.87. The van der Waals surface area contributed by atoms with Crippen molar-refractivity contribution in [2.24, 2.45) is 0 Å². The van der Waals surface area contributed by atoms with Crippen molar-refractivity contribution in [3.05, 3.63) is 65.7 Å². The van der Waals surface area contributed by atoms with Crippen molar-refractivity contribution in [2.45, 2.75) is 6.04 Å². The summed E-state index contributed by atoms with van der Waals surface area (Å²) in [5, 5.41) is 5.32. The molecule has 2 N–H and O–H groups in total. The first-order chi connectivity index (χ1) is 12.6. The minimum atomic E-state index is -0.815. The van der Waals surface area contributed by atoms with E-state index in [9.17, 15) is 13.6 Å². The molecular weight excluding hydrogens is 340 g/mol. The summed E-state index contributed by atoms with van der Waals surface area (Å²) in [5.74, 6) is -1.51. The summed E-state index contributed by atoms with van der Waals surface area (Å²) in [6.07, 6.45) is 0. The second-order valence-electron chi connectivity index (χ2n) is 6.10. The quantitative estimate of drug-likeness (QED) is 0.860. The molecule has 3 rings (SSSR count). The highest BCUT2D eigenvalue weighted by Gasteiger charge is 2.20. The van der Waals surface area contributed by atoms with Gasteiger partial charge in [-0.25, -0.2) is 13.6 Å². The summed E-state index contributed by atoms with van der Waals surface area (Å²) >= 11 is 0. The largest absolute Gasteiger partial charge is 0.379 e. The molecule has 1 heterocycles. The molecule has 1 unspecified atom stereocenters. The molecule has 26 heavy (non-hydrogen) atoms. The van der Waals surface area contributed by atoms with Crippen LogP contribution in [0.4, 0.5) is 19.3 Å². The van der Waals surface area contributed by atoms with Gasteiger partial charge in [-0.3, -0.25) is 4.90 Å². The van der Waals surface area contributed by atoms with Gasteiger partial charge in [0.05, 0.1) is 24.9 Å². The average molecular weight is 361 g/mol. The lowest BCUT2D eigenvalue weighted by Crippen LogP contribution is -2.44. The molecule has 1 saturated heterocycles. The average Bonchev–Trinajstić information content (AvgIpc) is 2.65. The molecule has 2 aromatic rings. The Morgan fingerprint density at radius 2 is 1.85 bits per heavy atom. The van der Waals surface area contributed by atoms with E-state index < -0.39 is 17.7 Å². The van der Waals surface area contributed by atoms with Crippen LogP contribution in [0.3, 0.4) is 0 Å². The van der Waals surface area contributed by atoms with E-state index in [0.717, 1.165) is 30.8 Å². The van der Waals surface area contributed by atoms with E-state index >= 15 is 0 Å². The summed E-state index contributed by atoms with van der Waals surface area (Å²) < 4.78 is 32.1. The summed E-state index contributed by atoms with van der Waals surface area (Å²) in [4.78, 5) is 14.6. The number of benzene rings is 2. The monoisotopic (exact) mass is 361 g/mol. The van der Waals surface area contributed by atoms with E-state index in [-0.39, 0.29) is 11.7 Å². The first-order valence-electron chi connectivity index (χ1n) is 8.49. The Bertz CT molecular complexity index is 737. The third-order valence-corrected chi connectivity index (χ3v) is 4.23. The molecule has 0 aromatic heterocycles. The van der Waals surface area contributed by atoms with E-state index in [1.165, 1.54) is 6.07 Å². The number of carbonyl (C=O) groups is 1. The molecule has 1 atom stereocenters. The molecule has 1 fully saturated rings. The molecule has 1 aliphatic heterocycles. The van der Waals surface area contributed by atoms with Crippen LogP contribution in [-0.4, -0.2) is 43.8 Å². The third kappa shape index (κ3) is 5.00. The van der Waals surface area contributed by atoms with Crippen LogP contribution in [0.15, 0.2) is 48.5 Å². The molecule has 0 spiro atoms. The Hall–Kier alpha value is -2.51. The number of amides is 2. The minimum absolute atomic E-state index is 0.0675. The number of carbonyl (C=O) groups excluding carboxylic acids is 1. The highest BCUT2D eigenvalue weighted by Crippen LogP contribution is 2.18. The van der Waals surface area contributed by atoms with Gasteiger partial charge in [0.2, 0.25) is 0 Å². The standard InChI is InChI=1S/C19H21F2N3O2/c20-15-6-7-17(16(21)12-15)22-19(25)23-18(14-4-2-1-3-5-14)13-24-8-10-26-11-9-24/h1-7,12,18H,8-11,13H2,(H2,22,23,25). The zero-order chi connectivity index (χ0) is 18.4. The maximum absolute atomic E-state index is 13.7. The van der Waals surface area contributed by atoms with Crippen LogP contribution in [0.5, 0.6) is 0 Å². The lowest BCUT2D eigenvalue weighted by Gasteiger charge is -2.31. The Labute approximate surface area is 151 Å². The van der Waals surface area contributed by atoms with Crippen LogP contribution < -0.4 is 10.6 Å². The molecule has 5 nitrogen and oxygen atoms in total. The second kappa shape index (κ2) is 8.73. The SMILES string of the molecule is O=C(Nc1ccc(F)cc1F)NC(CN1CCOCC1)c1ccccc1. The molecular formula is C19H21F2N3O2. The lowest BCUT2D eigenvalue weighted by molar-refractivity contribution is 0.0340. The molecule has 0 aliphatic carbocycles. The maximum atomic E-state index is 13.7. The van der Waals surface area contributed by atoms with E-state index in [4.69, 9.17) is 4.74 Å². The van der Waals surface area contributed by atoms with Crippen LogP contribution in [0.1, 0.15) is 11.6 Å². The topological polar surface area (TPSA) is 53.6 Å². The smallest absolute Gasteiger partial charge is 0.319 e. The Morgan fingerprint density at radius 3 is 2.54 bits per heavy atom. The predicted molar refractivity (Wildman–Crippen MR) is 95.0 cm³/mol. The van der Waals surface area contributed by atoms with E-state index in [1.54, 1.807) is 0 Å². The fourth-order valence-corrected chi connectivity index (χ4v) is 2.87. The van der Waals surface area contributed by atoms with Crippen LogP contribution in [0.2, 0.25) is 0 Å². The number of hydrogen-bond donors (Lipinski definition) is 2. The fraction of sp³-hybridized carbons (Fsp3) is 0.316. The number of halogens is 2. The first-order valence-corrected chi connectivity index (χ1v) is 8.49. The number of rotatable bonds is 5. The summed E-state index contributed by atoms with van der Waals surface area (Å²) in [6, 6.07) is 11.8. The Kier molecular flexibility index (Phi) is 6.14. The zero-order valence-corrected chi connectivity index (χ0v) is 14.3. The van der Waals surface area contributed by atoms with Crippen molar-refractivity contribution in [3.63, 3.8) is 0 Å². The van der Waals surface area contributed by atoms with E-state index in [0.29, 0.717) is 19.8 Å². The van der Waals surface area contributed by atoms with E-state index in [1.807, 2.05) is 30.3 Å². The number of morpholine rings is 1. The highest BCUT2D eigenvalue weighted by molar-refractivity contribution is 5.89. The molecule has 0 radical (unpaired) electrons. The number of ether oxygens (including phenoxy) is 1. The summed E-state index contributed by atoms with van der Waals surface area (Å²) in [6.45, 7) is 3.52. The predicted octanol–water partition coefficient (Wildman–Crippen LogP) is 3.16. The van der Waals surface area contributed by atoms with Gasteiger partial charge >= 0.3 is 6.03 Å². The maximum Gasteiger partial charge on any atom is 0.319 e. The molecule has 7 heteroatoms. The van der Waals surface area contributed by atoms with Gasteiger partial charge in [-0.05, 0) is 17.7 Å². The van der Waals surface area contributed by atoms with Gasteiger partial charge in [0.15, 0.2) is 0 Å². The minimum Gasteiger partial charge on any atom is -0.379 e. The number of nitrogens with one attached hydrogen (secondary N) is 2. The molecule has 1 aliphatic rings. The van der Waals surface area contributed by atoms with Crippen LogP contribution >= 0.6 is 0 Å². The normalized spacial score (nSPS) is 16.1. The van der Waals surface area contributed by atoms with Crippen LogP contribution in [0.25, 0.3) is 0 Å². The first kappa shape index (κ1) is 18.3. The molecule has 138 valence electrons. The van der Waals surface area contributed by atoms with Crippen molar-refractivity contribution in [1.29, 1.82) is 0 Å². The molecule has 2 aromatic carbocycles. The molecule has 2 amide bonds. The zero-order valence-electron chi connectivity index (χ0n) is 14.3. The summed E-state index contributed by atoms with van der Waals surface area (Å²) in [7, 11) is 0. The molecule has 0 bridgehead atoms. The van der Waals surface area contributed by atoms with Gasteiger partial charge in [0.1, 0.15) is 11.6 Å².